The highest BCUT2D eigenvalue weighted by Crippen LogP contribution is 2.51. The Kier molecular flexibility index (Phi) is 10.8. The van der Waals surface area contributed by atoms with Crippen LogP contribution < -0.4 is 10.6 Å². The molecule has 53 heavy (non-hydrogen) atoms. The Morgan fingerprint density at radius 1 is 0.736 bits per heavy atom. The average Bonchev–Trinajstić information content (AvgIpc) is 3.43. The molecule has 7 nitrogen and oxygen atoms in total. The van der Waals surface area contributed by atoms with E-state index in [1.54, 1.807) is 48.5 Å². The third-order valence-corrected chi connectivity index (χ3v) is 9.86. The molecule has 1 aliphatic heterocycles. The summed E-state index contributed by atoms with van der Waals surface area (Å²) in [6.45, 7) is -0.771. The van der Waals surface area contributed by atoms with E-state index in [-0.39, 0.29) is 25.0 Å². The Hall–Kier alpha value is -5.33. The summed E-state index contributed by atoms with van der Waals surface area (Å²) in [6, 6.07) is 25.4. The van der Waals surface area contributed by atoms with Crippen molar-refractivity contribution in [3.63, 3.8) is 0 Å². The maximum Gasteiger partial charge on any atom is 0.416 e. The zero-order valence-corrected chi connectivity index (χ0v) is 28.5. The highest BCUT2D eigenvalue weighted by atomic mass is 19.4. The third-order valence-electron chi connectivity index (χ3n) is 9.86. The summed E-state index contributed by atoms with van der Waals surface area (Å²) >= 11 is 0. The number of hydrogen-bond acceptors (Lipinski definition) is 4. The highest BCUT2D eigenvalue weighted by Gasteiger charge is 2.49. The van der Waals surface area contributed by atoms with Crippen molar-refractivity contribution in [1.29, 1.82) is 0 Å². The van der Waals surface area contributed by atoms with E-state index >= 15 is 0 Å². The van der Waals surface area contributed by atoms with Gasteiger partial charge in [-0.15, -0.1) is 0 Å². The number of piperidine rings is 1. The number of halogens is 6. The molecule has 4 aromatic carbocycles. The monoisotopic (exact) mass is 737 g/mol. The van der Waals surface area contributed by atoms with E-state index in [1.807, 2.05) is 24.3 Å². The number of carbonyl (C=O) groups is 3. The van der Waals surface area contributed by atoms with Crippen LogP contribution in [-0.4, -0.2) is 61.3 Å². The average molecular weight is 738 g/mol. The number of carbonyl (C=O) groups excluding carboxylic acids is 3. The van der Waals surface area contributed by atoms with Crippen LogP contribution in [0.15, 0.2) is 97.1 Å². The maximum atomic E-state index is 13.7. The van der Waals surface area contributed by atoms with Crippen molar-refractivity contribution >= 4 is 17.9 Å². The van der Waals surface area contributed by atoms with Crippen molar-refractivity contribution in [3.8, 4) is 22.3 Å². The molecule has 4 aromatic rings. The molecule has 1 aliphatic carbocycles. The number of ether oxygens (including phenoxy) is 1. The summed E-state index contributed by atoms with van der Waals surface area (Å²) in [5.41, 5.74) is 2.01. The number of amides is 3. The van der Waals surface area contributed by atoms with Crippen LogP contribution in [0.25, 0.3) is 22.3 Å². The summed E-state index contributed by atoms with van der Waals surface area (Å²) in [5.74, 6) is -1.11. The summed E-state index contributed by atoms with van der Waals surface area (Å²) in [5, 5.41) is 5.09. The van der Waals surface area contributed by atoms with E-state index in [2.05, 4.69) is 10.6 Å². The zero-order valence-electron chi connectivity index (χ0n) is 28.5. The van der Waals surface area contributed by atoms with E-state index in [0.717, 1.165) is 23.3 Å². The second-order valence-electron chi connectivity index (χ2n) is 13.2. The number of unbranched alkanes of at least 4 members (excludes halogenated alkanes) is 1. The van der Waals surface area contributed by atoms with Gasteiger partial charge in [0.05, 0.1) is 12.2 Å². The molecule has 3 amide bonds. The molecule has 13 heteroatoms. The number of alkyl halides is 6. The number of nitrogens with one attached hydrogen (secondary N) is 2. The second-order valence-corrected chi connectivity index (χ2v) is 13.2. The molecular formula is C40H37F6N3O4. The predicted molar refractivity (Wildman–Crippen MR) is 186 cm³/mol. The molecule has 0 saturated carbocycles. The topological polar surface area (TPSA) is 87.7 Å². The molecule has 2 N–H and O–H groups in total. The molecular weight excluding hydrogens is 700 g/mol. The first-order chi connectivity index (χ1) is 25.3. The number of nitrogens with zero attached hydrogens (tertiary/aromatic N) is 1. The minimum Gasteiger partial charge on any atom is -0.449 e. The van der Waals surface area contributed by atoms with Crippen molar-refractivity contribution in [3.05, 3.63) is 119 Å². The maximum absolute atomic E-state index is 13.7. The Bertz CT molecular complexity index is 1910. The molecule has 0 bridgehead atoms. The molecule has 0 atom stereocenters. The number of rotatable bonds is 10. The summed E-state index contributed by atoms with van der Waals surface area (Å²) in [6.07, 6.45) is -7.71. The first-order valence-electron chi connectivity index (χ1n) is 17.3. The van der Waals surface area contributed by atoms with Crippen LogP contribution in [0.4, 0.5) is 31.1 Å². The lowest BCUT2D eigenvalue weighted by Crippen LogP contribution is -2.47. The van der Waals surface area contributed by atoms with Gasteiger partial charge in [-0.1, -0.05) is 78.9 Å². The van der Waals surface area contributed by atoms with Gasteiger partial charge in [-0.2, -0.15) is 26.3 Å². The van der Waals surface area contributed by atoms with Gasteiger partial charge in [-0.3, -0.25) is 9.59 Å². The first-order valence-corrected chi connectivity index (χ1v) is 17.3. The summed E-state index contributed by atoms with van der Waals surface area (Å²) < 4.78 is 84.1. The van der Waals surface area contributed by atoms with Crippen LogP contribution in [0.3, 0.4) is 0 Å². The molecule has 1 heterocycles. The quantitative estimate of drug-likeness (QED) is 0.126. The predicted octanol–water partition coefficient (Wildman–Crippen LogP) is 8.52. The Morgan fingerprint density at radius 2 is 1.30 bits per heavy atom. The standard InChI is InChI=1S/C40H37F6N3O4/c41-39(42,43)25-47-36(51)38(33-13-5-3-10-30(33)31-11-4-6-14-34(31)38)21-7-8-24-53-37(52)49-22-19-28(20-23-49)48-35(50)32-12-2-1-9-29(32)26-15-17-27(18-16-26)40(44,45)46/h1-6,9-18,28H,7-8,19-25H2,(H,47,51)(H,48,50). The van der Waals surface area contributed by atoms with Crippen LogP contribution in [0.5, 0.6) is 0 Å². The molecule has 278 valence electrons. The fourth-order valence-electron chi connectivity index (χ4n) is 7.27. The van der Waals surface area contributed by atoms with Gasteiger partial charge in [0.2, 0.25) is 5.91 Å². The third kappa shape index (κ3) is 8.18. The number of fused-ring (bicyclic) bond motifs is 3. The highest BCUT2D eigenvalue weighted by molar-refractivity contribution is 6.01. The van der Waals surface area contributed by atoms with Crippen LogP contribution in [-0.2, 0) is 21.1 Å². The van der Waals surface area contributed by atoms with Crippen molar-refractivity contribution < 1.29 is 45.5 Å². The Balaban J connectivity index is 1.01. The van der Waals surface area contributed by atoms with Crippen LogP contribution in [0, 0.1) is 0 Å². The Morgan fingerprint density at radius 3 is 1.89 bits per heavy atom. The first kappa shape index (κ1) is 37.4. The van der Waals surface area contributed by atoms with E-state index in [4.69, 9.17) is 4.74 Å². The molecule has 2 aliphatic rings. The zero-order chi connectivity index (χ0) is 37.8. The van der Waals surface area contributed by atoms with Crippen molar-refractivity contribution in [2.45, 2.75) is 55.9 Å². The SMILES string of the molecule is O=C(NC1CCN(C(=O)OCCCCC2(C(=O)NCC(F)(F)F)c3ccccc3-c3ccccc32)CC1)c1ccccc1-c1ccc(C(F)(F)F)cc1. The minimum absolute atomic E-state index is 0.0414. The molecule has 0 spiro atoms. The minimum atomic E-state index is -4.58. The van der Waals surface area contributed by atoms with Gasteiger partial charge in [0.25, 0.3) is 5.91 Å². The molecule has 0 radical (unpaired) electrons. The summed E-state index contributed by atoms with van der Waals surface area (Å²) in [7, 11) is 0. The fourth-order valence-corrected chi connectivity index (χ4v) is 7.27. The van der Waals surface area contributed by atoms with E-state index in [0.29, 0.717) is 66.6 Å². The van der Waals surface area contributed by atoms with Crippen LogP contribution in [0.2, 0.25) is 0 Å². The van der Waals surface area contributed by atoms with Crippen molar-refractivity contribution in [1.82, 2.24) is 15.5 Å². The lowest BCUT2D eigenvalue weighted by atomic mass is 9.73. The second kappa shape index (κ2) is 15.3. The van der Waals surface area contributed by atoms with E-state index < -0.39 is 41.9 Å². The van der Waals surface area contributed by atoms with Crippen LogP contribution in [0.1, 0.15) is 59.2 Å². The smallest absolute Gasteiger partial charge is 0.416 e. The molecule has 1 saturated heterocycles. The largest absolute Gasteiger partial charge is 0.449 e. The van der Waals surface area contributed by atoms with Gasteiger partial charge in [-0.05, 0) is 83.7 Å². The van der Waals surface area contributed by atoms with Crippen LogP contribution >= 0.6 is 0 Å². The van der Waals surface area contributed by atoms with E-state index in [1.165, 1.54) is 17.0 Å². The lowest BCUT2D eigenvalue weighted by molar-refractivity contribution is -0.141. The molecule has 0 aromatic heterocycles. The molecule has 0 unspecified atom stereocenters. The Labute approximate surface area is 302 Å². The number of benzene rings is 4. The summed E-state index contributed by atoms with van der Waals surface area (Å²) in [4.78, 5) is 41.4. The van der Waals surface area contributed by atoms with Gasteiger partial charge < -0.3 is 20.3 Å². The lowest BCUT2D eigenvalue weighted by Gasteiger charge is -2.32. The molecule has 1 fully saturated rings. The number of hydrogen-bond donors (Lipinski definition) is 2. The van der Waals surface area contributed by atoms with Gasteiger partial charge in [0.15, 0.2) is 0 Å². The van der Waals surface area contributed by atoms with Crippen molar-refractivity contribution in [2.75, 3.05) is 26.2 Å². The van der Waals surface area contributed by atoms with Gasteiger partial charge in [0, 0.05) is 24.7 Å². The fraction of sp³-hybridized carbons (Fsp3) is 0.325. The van der Waals surface area contributed by atoms with E-state index in [9.17, 15) is 40.7 Å². The van der Waals surface area contributed by atoms with Crippen molar-refractivity contribution in [2.24, 2.45) is 0 Å². The molecule has 6 rings (SSSR count). The number of likely N-dealkylation sites (tertiary alicyclic amines) is 1. The van der Waals surface area contributed by atoms with Gasteiger partial charge >= 0.3 is 18.4 Å². The van der Waals surface area contributed by atoms with Gasteiger partial charge in [0.1, 0.15) is 12.0 Å². The van der Waals surface area contributed by atoms with Gasteiger partial charge in [-0.25, -0.2) is 4.79 Å². The normalized spacial score (nSPS) is 15.3.